The Morgan fingerprint density at radius 1 is 1.55 bits per heavy atom. The van der Waals surface area contributed by atoms with E-state index in [4.69, 9.17) is 4.74 Å². The maximum atomic E-state index is 5.74. The van der Waals surface area contributed by atoms with Gasteiger partial charge >= 0.3 is 0 Å². The number of aliphatic imine (C=N–C) groups is 1. The van der Waals surface area contributed by atoms with E-state index in [2.05, 4.69) is 52.2 Å². The SMILES string of the molecule is CN=C(NCC1CCCCO1)N(C)Cc1cccn1C. The van der Waals surface area contributed by atoms with E-state index in [-0.39, 0.29) is 0 Å². The number of aromatic nitrogens is 1. The quantitative estimate of drug-likeness (QED) is 0.672. The summed E-state index contributed by atoms with van der Waals surface area (Å²) in [5.41, 5.74) is 1.27. The first kappa shape index (κ1) is 14.9. The molecule has 5 nitrogen and oxygen atoms in total. The molecular formula is C15H26N4O. The van der Waals surface area contributed by atoms with Crippen molar-refractivity contribution in [1.82, 2.24) is 14.8 Å². The summed E-state index contributed by atoms with van der Waals surface area (Å²) in [4.78, 5) is 6.49. The van der Waals surface area contributed by atoms with E-state index < -0.39 is 0 Å². The molecule has 0 radical (unpaired) electrons. The van der Waals surface area contributed by atoms with Crippen LogP contribution in [0.5, 0.6) is 0 Å². The van der Waals surface area contributed by atoms with Crippen LogP contribution in [0, 0.1) is 0 Å². The van der Waals surface area contributed by atoms with Crippen LogP contribution in [0.15, 0.2) is 23.3 Å². The summed E-state index contributed by atoms with van der Waals surface area (Å²) in [5.74, 6) is 0.917. The van der Waals surface area contributed by atoms with Gasteiger partial charge in [-0.05, 0) is 31.4 Å². The molecule has 1 aromatic heterocycles. The summed E-state index contributed by atoms with van der Waals surface area (Å²) in [5, 5.41) is 3.41. The van der Waals surface area contributed by atoms with E-state index in [1.165, 1.54) is 18.5 Å². The van der Waals surface area contributed by atoms with Crippen LogP contribution in [-0.4, -0.2) is 48.8 Å². The largest absolute Gasteiger partial charge is 0.376 e. The lowest BCUT2D eigenvalue weighted by Crippen LogP contribution is -2.43. The number of ether oxygens (including phenoxy) is 1. The van der Waals surface area contributed by atoms with Gasteiger partial charge in [0.2, 0.25) is 0 Å². The van der Waals surface area contributed by atoms with Crippen molar-refractivity contribution in [3.63, 3.8) is 0 Å². The van der Waals surface area contributed by atoms with Crippen molar-refractivity contribution < 1.29 is 4.74 Å². The monoisotopic (exact) mass is 278 g/mol. The molecule has 1 fully saturated rings. The molecule has 1 saturated heterocycles. The number of hydrogen-bond donors (Lipinski definition) is 1. The van der Waals surface area contributed by atoms with Crippen molar-refractivity contribution in [2.45, 2.75) is 31.9 Å². The van der Waals surface area contributed by atoms with E-state index in [1.807, 2.05) is 7.05 Å². The highest BCUT2D eigenvalue weighted by Crippen LogP contribution is 2.11. The van der Waals surface area contributed by atoms with Crippen LogP contribution in [0.1, 0.15) is 25.0 Å². The van der Waals surface area contributed by atoms with Crippen LogP contribution in [0.25, 0.3) is 0 Å². The summed E-state index contributed by atoms with van der Waals surface area (Å²) >= 11 is 0. The van der Waals surface area contributed by atoms with Gasteiger partial charge in [-0.15, -0.1) is 0 Å². The van der Waals surface area contributed by atoms with Gasteiger partial charge in [-0.1, -0.05) is 0 Å². The molecule has 0 spiro atoms. The third-order valence-electron chi connectivity index (χ3n) is 3.79. The van der Waals surface area contributed by atoms with E-state index in [9.17, 15) is 0 Å². The summed E-state index contributed by atoms with van der Waals surface area (Å²) in [6.45, 7) is 2.57. The Labute approximate surface area is 121 Å². The number of nitrogens with zero attached hydrogens (tertiary/aromatic N) is 3. The van der Waals surface area contributed by atoms with Gasteiger partial charge in [-0.2, -0.15) is 0 Å². The van der Waals surface area contributed by atoms with Gasteiger partial charge in [0.1, 0.15) is 0 Å². The van der Waals surface area contributed by atoms with Gasteiger partial charge in [0.15, 0.2) is 5.96 Å². The lowest BCUT2D eigenvalue weighted by molar-refractivity contribution is 0.0191. The second kappa shape index (κ2) is 7.33. The molecule has 1 aromatic rings. The number of hydrogen-bond acceptors (Lipinski definition) is 2. The average Bonchev–Trinajstić information content (AvgIpc) is 2.86. The second-order valence-electron chi connectivity index (χ2n) is 5.38. The Bertz CT molecular complexity index is 435. The molecule has 0 saturated carbocycles. The zero-order valence-corrected chi connectivity index (χ0v) is 12.8. The molecule has 2 rings (SSSR count). The third kappa shape index (κ3) is 4.00. The molecule has 2 heterocycles. The topological polar surface area (TPSA) is 41.8 Å². The molecule has 1 unspecified atom stereocenters. The third-order valence-corrected chi connectivity index (χ3v) is 3.79. The van der Waals surface area contributed by atoms with Crippen molar-refractivity contribution in [1.29, 1.82) is 0 Å². The molecule has 1 atom stereocenters. The first-order valence-electron chi connectivity index (χ1n) is 7.34. The number of rotatable bonds is 4. The van der Waals surface area contributed by atoms with Gasteiger partial charge in [0.05, 0.1) is 12.6 Å². The van der Waals surface area contributed by atoms with Crippen molar-refractivity contribution >= 4 is 5.96 Å². The Hall–Kier alpha value is -1.49. The fourth-order valence-corrected chi connectivity index (χ4v) is 2.54. The zero-order chi connectivity index (χ0) is 14.4. The summed E-state index contributed by atoms with van der Waals surface area (Å²) in [6, 6.07) is 4.20. The van der Waals surface area contributed by atoms with E-state index >= 15 is 0 Å². The normalized spacial score (nSPS) is 19.9. The summed E-state index contributed by atoms with van der Waals surface area (Å²) < 4.78 is 7.87. The Balaban J connectivity index is 1.83. The van der Waals surface area contributed by atoms with Crippen molar-refractivity contribution in [2.75, 3.05) is 27.2 Å². The molecule has 112 valence electrons. The van der Waals surface area contributed by atoms with E-state index in [0.717, 1.165) is 32.1 Å². The van der Waals surface area contributed by atoms with E-state index in [1.54, 1.807) is 0 Å². The number of aryl methyl sites for hydroxylation is 1. The van der Waals surface area contributed by atoms with Crippen LogP contribution in [0.4, 0.5) is 0 Å². The average molecular weight is 278 g/mol. The lowest BCUT2D eigenvalue weighted by atomic mass is 10.1. The predicted octanol–water partition coefficient (Wildman–Crippen LogP) is 1.60. The highest BCUT2D eigenvalue weighted by molar-refractivity contribution is 5.79. The molecule has 1 N–H and O–H groups in total. The standard InChI is InChI=1S/C15H26N4O/c1-16-15(17-11-14-8-4-5-10-20-14)19(3)12-13-7-6-9-18(13)2/h6-7,9,14H,4-5,8,10-12H2,1-3H3,(H,16,17). The first-order valence-corrected chi connectivity index (χ1v) is 7.34. The maximum absolute atomic E-state index is 5.74. The summed E-state index contributed by atoms with van der Waals surface area (Å²) in [6.07, 6.45) is 5.99. The van der Waals surface area contributed by atoms with E-state index in [0.29, 0.717) is 6.10 Å². The smallest absolute Gasteiger partial charge is 0.193 e. The molecule has 0 bridgehead atoms. The molecule has 0 amide bonds. The minimum atomic E-state index is 0.323. The molecule has 5 heteroatoms. The van der Waals surface area contributed by atoms with Gasteiger partial charge in [-0.3, -0.25) is 4.99 Å². The fraction of sp³-hybridized carbons (Fsp3) is 0.667. The minimum Gasteiger partial charge on any atom is -0.376 e. The van der Waals surface area contributed by atoms with Crippen LogP contribution in [-0.2, 0) is 18.3 Å². The predicted molar refractivity (Wildman–Crippen MR) is 81.8 cm³/mol. The molecular weight excluding hydrogens is 252 g/mol. The Morgan fingerprint density at radius 3 is 3.00 bits per heavy atom. The first-order chi connectivity index (χ1) is 9.70. The summed E-state index contributed by atoms with van der Waals surface area (Å²) in [7, 11) is 5.95. The van der Waals surface area contributed by atoms with Crippen LogP contribution >= 0.6 is 0 Å². The second-order valence-corrected chi connectivity index (χ2v) is 5.38. The molecule has 1 aliphatic rings. The van der Waals surface area contributed by atoms with Gasteiger partial charge in [0.25, 0.3) is 0 Å². The van der Waals surface area contributed by atoms with Crippen molar-refractivity contribution in [3.8, 4) is 0 Å². The molecule has 20 heavy (non-hydrogen) atoms. The van der Waals surface area contributed by atoms with Gasteiger partial charge in [0, 0.05) is 46.2 Å². The maximum Gasteiger partial charge on any atom is 0.193 e. The molecule has 0 aliphatic carbocycles. The zero-order valence-electron chi connectivity index (χ0n) is 12.8. The Kier molecular flexibility index (Phi) is 5.47. The highest BCUT2D eigenvalue weighted by Gasteiger charge is 2.15. The molecule has 0 aromatic carbocycles. The van der Waals surface area contributed by atoms with Crippen molar-refractivity contribution in [2.24, 2.45) is 12.0 Å². The molecule has 1 aliphatic heterocycles. The van der Waals surface area contributed by atoms with Crippen molar-refractivity contribution in [3.05, 3.63) is 24.0 Å². The highest BCUT2D eigenvalue weighted by atomic mass is 16.5. The van der Waals surface area contributed by atoms with Crippen LogP contribution in [0.3, 0.4) is 0 Å². The lowest BCUT2D eigenvalue weighted by Gasteiger charge is -2.27. The minimum absolute atomic E-state index is 0.323. The fourth-order valence-electron chi connectivity index (χ4n) is 2.54. The van der Waals surface area contributed by atoms with Gasteiger partial charge in [-0.25, -0.2) is 0 Å². The van der Waals surface area contributed by atoms with Crippen LogP contribution in [0.2, 0.25) is 0 Å². The number of nitrogens with one attached hydrogen (secondary N) is 1. The van der Waals surface area contributed by atoms with Crippen LogP contribution < -0.4 is 5.32 Å². The number of guanidine groups is 1. The van der Waals surface area contributed by atoms with Gasteiger partial charge < -0.3 is 19.5 Å². The Morgan fingerprint density at radius 2 is 2.40 bits per heavy atom.